The summed E-state index contributed by atoms with van der Waals surface area (Å²) in [6.45, 7) is 2.80. The summed E-state index contributed by atoms with van der Waals surface area (Å²) in [6.07, 6.45) is 4.96. The minimum atomic E-state index is 0.751. The third-order valence-electron chi connectivity index (χ3n) is 3.23. The van der Waals surface area contributed by atoms with Crippen molar-refractivity contribution in [2.24, 2.45) is 0 Å². The van der Waals surface area contributed by atoms with Crippen LogP contribution in [0.1, 0.15) is 11.4 Å². The molecule has 0 fully saturated rings. The molecular weight excluding hydrogens is 290 g/mol. The molecule has 0 aliphatic rings. The molecule has 0 radical (unpaired) electrons. The first kappa shape index (κ1) is 13.6. The van der Waals surface area contributed by atoms with E-state index in [1.54, 1.807) is 6.20 Å². The van der Waals surface area contributed by atoms with Crippen LogP contribution in [0, 0.1) is 0 Å². The van der Waals surface area contributed by atoms with Gasteiger partial charge in [0.15, 0.2) is 0 Å². The molecule has 5 heteroatoms. The Morgan fingerprint density at radius 2 is 2.15 bits per heavy atom. The highest BCUT2D eigenvalue weighted by Gasteiger charge is 2.01. The van der Waals surface area contributed by atoms with Crippen LogP contribution in [-0.4, -0.2) is 16.1 Å². The molecule has 0 bridgehead atoms. The van der Waals surface area contributed by atoms with E-state index in [0.29, 0.717) is 0 Å². The van der Waals surface area contributed by atoms with E-state index in [0.717, 1.165) is 35.4 Å². The summed E-state index contributed by atoms with van der Waals surface area (Å²) < 4.78 is 3.05. The van der Waals surface area contributed by atoms with Gasteiger partial charge in [-0.05, 0) is 30.5 Å². The molecule has 0 aliphatic heterocycles. The average molecular weight is 306 g/mol. The van der Waals surface area contributed by atoms with E-state index in [1.807, 2.05) is 0 Å². The molecule has 0 amide bonds. The van der Waals surface area contributed by atoms with E-state index in [-0.39, 0.29) is 0 Å². The maximum absolute atomic E-state index is 5.85. The maximum atomic E-state index is 5.85. The van der Waals surface area contributed by atoms with Crippen molar-refractivity contribution >= 4 is 33.8 Å². The zero-order valence-corrected chi connectivity index (χ0v) is 12.6. The highest BCUT2D eigenvalue weighted by Crippen LogP contribution is 2.18. The van der Waals surface area contributed by atoms with Gasteiger partial charge in [-0.2, -0.15) is 0 Å². The number of hydrogen-bond acceptors (Lipinski definition) is 3. The predicted octanol–water partition coefficient (Wildman–Crippen LogP) is 3.93. The van der Waals surface area contributed by atoms with Gasteiger partial charge in [-0.25, -0.2) is 4.98 Å². The van der Waals surface area contributed by atoms with Crippen LogP contribution in [0.3, 0.4) is 0 Å². The zero-order valence-electron chi connectivity index (χ0n) is 11.1. The fourth-order valence-corrected chi connectivity index (χ4v) is 3.20. The summed E-state index contributed by atoms with van der Waals surface area (Å²) in [7, 11) is 0. The van der Waals surface area contributed by atoms with Crippen LogP contribution in [0.5, 0.6) is 0 Å². The Morgan fingerprint density at radius 1 is 1.25 bits per heavy atom. The van der Waals surface area contributed by atoms with Gasteiger partial charge >= 0.3 is 0 Å². The van der Waals surface area contributed by atoms with Crippen molar-refractivity contribution in [1.82, 2.24) is 14.9 Å². The number of para-hydroxylation sites is 1. The fourth-order valence-electron chi connectivity index (χ4n) is 2.28. The lowest BCUT2D eigenvalue weighted by Gasteiger charge is -2.06. The van der Waals surface area contributed by atoms with Gasteiger partial charge in [-0.1, -0.05) is 29.8 Å². The third-order valence-corrected chi connectivity index (χ3v) is 4.35. The van der Waals surface area contributed by atoms with Crippen LogP contribution < -0.4 is 5.32 Å². The Hall–Kier alpha value is -1.36. The standard InChI is InChI=1S/C15H16ClN3S/c16-14-10-18-15(20-14)11-17-7-3-8-19-9-6-12-4-1-2-5-13(12)19/h1-2,4-6,9-10,17H,3,7-8,11H2. The predicted molar refractivity (Wildman–Crippen MR) is 85.4 cm³/mol. The lowest BCUT2D eigenvalue weighted by Crippen LogP contribution is -2.16. The summed E-state index contributed by atoms with van der Waals surface area (Å²) in [5, 5.41) is 5.75. The van der Waals surface area contributed by atoms with Crippen molar-refractivity contribution in [2.45, 2.75) is 19.5 Å². The van der Waals surface area contributed by atoms with Crippen molar-refractivity contribution < 1.29 is 0 Å². The lowest BCUT2D eigenvalue weighted by atomic mass is 10.2. The minimum absolute atomic E-state index is 0.751. The van der Waals surface area contributed by atoms with Crippen molar-refractivity contribution in [3.8, 4) is 0 Å². The van der Waals surface area contributed by atoms with Crippen molar-refractivity contribution in [3.05, 3.63) is 52.1 Å². The van der Waals surface area contributed by atoms with E-state index >= 15 is 0 Å². The van der Waals surface area contributed by atoms with Gasteiger partial charge in [-0.3, -0.25) is 0 Å². The van der Waals surface area contributed by atoms with Gasteiger partial charge in [0.25, 0.3) is 0 Å². The van der Waals surface area contributed by atoms with Gasteiger partial charge in [0.1, 0.15) is 9.34 Å². The maximum Gasteiger partial charge on any atom is 0.113 e. The van der Waals surface area contributed by atoms with E-state index in [9.17, 15) is 0 Å². The van der Waals surface area contributed by atoms with Crippen LogP contribution in [0.25, 0.3) is 10.9 Å². The van der Waals surface area contributed by atoms with E-state index < -0.39 is 0 Å². The summed E-state index contributed by atoms with van der Waals surface area (Å²) in [5.74, 6) is 0. The van der Waals surface area contributed by atoms with Gasteiger partial charge in [0, 0.05) is 24.8 Å². The number of thiazole rings is 1. The molecule has 3 aromatic rings. The monoisotopic (exact) mass is 305 g/mol. The lowest BCUT2D eigenvalue weighted by molar-refractivity contribution is 0.590. The van der Waals surface area contributed by atoms with E-state index in [4.69, 9.17) is 11.6 Å². The topological polar surface area (TPSA) is 29.9 Å². The van der Waals surface area contributed by atoms with Crippen LogP contribution in [0.2, 0.25) is 4.34 Å². The van der Waals surface area contributed by atoms with Crippen molar-refractivity contribution in [3.63, 3.8) is 0 Å². The number of hydrogen-bond donors (Lipinski definition) is 1. The van der Waals surface area contributed by atoms with Gasteiger partial charge in [0.2, 0.25) is 0 Å². The molecule has 0 unspecified atom stereocenters. The first-order valence-corrected chi connectivity index (χ1v) is 7.87. The molecule has 20 heavy (non-hydrogen) atoms. The second-order valence-electron chi connectivity index (χ2n) is 4.66. The molecule has 3 rings (SSSR count). The van der Waals surface area contributed by atoms with Crippen LogP contribution in [-0.2, 0) is 13.1 Å². The molecule has 1 aromatic carbocycles. The molecule has 0 saturated carbocycles. The second-order valence-corrected chi connectivity index (χ2v) is 6.40. The molecule has 3 nitrogen and oxygen atoms in total. The van der Waals surface area contributed by atoms with Crippen molar-refractivity contribution in [1.29, 1.82) is 0 Å². The van der Waals surface area contributed by atoms with E-state index in [1.165, 1.54) is 22.2 Å². The SMILES string of the molecule is Clc1cnc(CNCCCn2ccc3ccccc32)s1. The first-order valence-electron chi connectivity index (χ1n) is 6.68. The fraction of sp³-hybridized carbons (Fsp3) is 0.267. The smallest absolute Gasteiger partial charge is 0.113 e. The molecule has 1 N–H and O–H groups in total. The van der Waals surface area contributed by atoms with Gasteiger partial charge in [0.05, 0.1) is 6.20 Å². The summed E-state index contributed by atoms with van der Waals surface area (Å²) in [5.41, 5.74) is 1.30. The largest absolute Gasteiger partial charge is 0.347 e. The Balaban J connectivity index is 1.46. The highest BCUT2D eigenvalue weighted by atomic mass is 35.5. The summed E-state index contributed by atoms with van der Waals surface area (Å²) in [4.78, 5) is 4.22. The number of aromatic nitrogens is 2. The quantitative estimate of drug-likeness (QED) is 0.699. The highest BCUT2D eigenvalue weighted by molar-refractivity contribution is 7.15. The molecule has 0 aliphatic carbocycles. The number of aryl methyl sites for hydroxylation is 1. The Morgan fingerprint density at radius 3 is 3.00 bits per heavy atom. The number of fused-ring (bicyclic) bond motifs is 1. The molecule has 0 spiro atoms. The molecular formula is C15H16ClN3S. The Labute approximate surface area is 127 Å². The Bertz CT molecular complexity index is 689. The average Bonchev–Trinajstić information content (AvgIpc) is 3.05. The molecule has 2 heterocycles. The molecule has 0 atom stereocenters. The normalized spacial score (nSPS) is 11.2. The minimum Gasteiger partial charge on any atom is -0.347 e. The number of benzene rings is 1. The Kier molecular flexibility index (Phi) is 4.35. The number of halogens is 1. The molecule has 2 aromatic heterocycles. The van der Waals surface area contributed by atoms with Crippen LogP contribution in [0.4, 0.5) is 0 Å². The number of nitrogens with one attached hydrogen (secondary N) is 1. The zero-order chi connectivity index (χ0) is 13.8. The second kappa shape index (κ2) is 6.39. The van der Waals surface area contributed by atoms with Gasteiger partial charge < -0.3 is 9.88 Å². The van der Waals surface area contributed by atoms with E-state index in [2.05, 4.69) is 51.4 Å². The van der Waals surface area contributed by atoms with Crippen LogP contribution >= 0.6 is 22.9 Å². The molecule has 0 saturated heterocycles. The molecule has 104 valence electrons. The number of nitrogens with zero attached hydrogens (tertiary/aromatic N) is 2. The third kappa shape index (κ3) is 3.20. The first-order chi connectivity index (χ1) is 9.83. The van der Waals surface area contributed by atoms with Gasteiger partial charge in [-0.15, -0.1) is 11.3 Å². The van der Waals surface area contributed by atoms with Crippen molar-refractivity contribution in [2.75, 3.05) is 6.54 Å². The summed E-state index contributed by atoms with van der Waals surface area (Å²) >= 11 is 7.38. The van der Waals surface area contributed by atoms with Crippen LogP contribution in [0.15, 0.2) is 42.7 Å². The number of rotatable bonds is 6. The summed E-state index contributed by atoms with van der Waals surface area (Å²) in [6, 6.07) is 10.6.